The molecule has 0 saturated heterocycles. The zero-order chi connectivity index (χ0) is 18.8. The van der Waals surface area contributed by atoms with Crippen LogP contribution in [0.5, 0.6) is 0 Å². The lowest BCUT2D eigenvalue weighted by molar-refractivity contribution is -0.115. The molecule has 1 aromatic heterocycles. The molecule has 0 unspecified atom stereocenters. The highest BCUT2D eigenvalue weighted by atomic mass is 16.2. The van der Waals surface area contributed by atoms with Gasteiger partial charge in [-0.1, -0.05) is 48.6 Å². The minimum atomic E-state index is 0.00618. The highest BCUT2D eigenvalue weighted by Crippen LogP contribution is 2.37. The van der Waals surface area contributed by atoms with Crippen molar-refractivity contribution in [3.63, 3.8) is 0 Å². The highest BCUT2D eigenvalue weighted by molar-refractivity contribution is 6.02. The maximum absolute atomic E-state index is 12.1. The van der Waals surface area contributed by atoms with E-state index in [4.69, 9.17) is 5.73 Å². The minimum Gasteiger partial charge on any atom is -0.385 e. The molecular formula is C22H22N4O. The number of nitrogens with two attached hydrogens (primary N) is 1. The maximum atomic E-state index is 12.1. The van der Waals surface area contributed by atoms with Crippen LogP contribution >= 0.6 is 0 Å². The van der Waals surface area contributed by atoms with Crippen LogP contribution in [0.25, 0.3) is 17.2 Å². The fraction of sp³-hybridized carbons (Fsp3) is 0.136. The predicted molar refractivity (Wildman–Crippen MR) is 111 cm³/mol. The number of anilines is 3. The number of fused-ring (bicyclic) bond motifs is 1. The molecule has 4 N–H and O–H groups in total. The first kappa shape index (κ1) is 17.0. The van der Waals surface area contributed by atoms with Crippen LogP contribution in [0.15, 0.2) is 60.8 Å². The number of aromatic nitrogens is 1. The van der Waals surface area contributed by atoms with Gasteiger partial charge in [-0.05, 0) is 30.2 Å². The van der Waals surface area contributed by atoms with Gasteiger partial charge in [0.2, 0.25) is 5.91 Å². The quantitative estimate of drug-likeness (QED) is 0.652. The van der Waals surface area contributed by atoms with E-state index in [9.17, 15) is 4.79 Å². The number of carbonyl (C=O) groups is 1. The molecule has 0 atom stereocenters. The van der Waals surface area contributed by atoms with E-state index in [1.807, 2.05) is 55.6 Å². The molecule has 4 rings (SSSR count). The molecule has 27 heavy (non-hydrogen) atoms. The molecule has 1 aliphatic rings. The van der Waals surface area contributed by atoms with E-state index in [0.717, 1.165) is 28.1 Å². The van der Waals surface area contributed by atoms with Gasteiger partial charge in [0, 0.05) is 23.9 Å². The second-order valence-electron chi connectivity index (χ2n) is 6.65. The molecule has 5 nitrogen and oxygen atoms in total. The number of hydrogen-bond donors (Lipinski definition) is 3. The first-order chi connectivity index (χ1) is 13.2. The third kappa shape index (κ3) is 3.31. The molecule has 1 aliphatic heterocycles. The lowest BCUT2D eigenvalue weighted by Gasteiger charge is -2.31. The number of carbonyl (C=O) groups excluding carboxylic acids is 1. The molecule has 1 amide bonds. The summed E-state index contributed by atoms with van der Waals surface area (Å²) in [6.45, 7) is 2.99. The van der Waals surface area contributed by atoms with Gasteiger partial charge >= 0.3 is 0 Å². The molecular weight excluding hydrogens is 336 g/mol. The Morgan fingerprint density at radius 3 is 2.78 bits per heavy atom. The lowest BCUT2D eigenvalue weighted by Crippen LogP contribution is -2.37. The van der Waals surface area contributed by atoms with Crippen molar-refractivity contribution in [1.29, 1.82) is 0 Å². The van der Waals surface area contributed by atoms with Gasteiger partial charge in [-0.15, -0.1) is 0 Å². The molecule has 2 aromatic carbocycles. The molecule has 2 heterocycles. The summed E-state index contributed by atoms with van der Waals surface area (Å²) in [4.78, 5) is 17.4. The molecule has 0 spiro atoms. The highest BCUT2D eigenvalue weighted by Gasteiger charge is 2.23. The zero-order valence-electron chi connectivity index (χ0n) is 15.2. The first-order valence-corrected chi connectivity index (χ1v) is 8.98. The van der Waals surface area contributed by atoms with Crippen molar-refractivity contribution >= 4 is 29.2 Å². The molecule has 5 heteroatoms. The second kappa shape index (κ2) is 7.03. The van der Waals surface area contributed by atoms with E-state index < -0.39 is 0 Å². The smallest absolute Gasteiger partial charge is 0.243 e. The summed E-state index contributed by atoms with van der Waals surface area (Å²) in [7, 11) is 0. The molecule has 0 saturated carbocycles. The normalized spacial score (nSPS) is 13.7. The summed E-state index contributed by atoms with van der Waals surface area (Å²) >= 11 is 0. The molecule has 0 bridgehead atoms. The summed E-state index contributed by atoms with van der Waals surface area (Å²) in [5, 5.41) is 2.97. The van der Waals surface area contributed by atoms with Crippen molar-refractivity contribution in [2.75, 3.05) is 22.5 Å². The topological polar surface area (TPSA) is 74.2 Å². The van der Waals surface area contributed by atoms with Crippen LogP contribution in [-0.2, 0) is 11.3 Å². The van der Waals surface area contributed by atoms with Gasteiger partial charge in [-0.3, -0.25) is 4.79 Å². The van der Waals surface area contributed by atoms with Crippen molar-refractivity contribution < 1.29 is 4.79 Å². The van der Waals surface area contributed by atoms with Crippen LogP contribution in [-0.4, -0.2) is 17.4 Å². The Labute approximate surface area is 158 Å². The summed E-state index contributed by atoms with van der Waals surface area (Å²) in [6, 6.07) is 16.3. The molecule has 0 fully saturated rings. The van der Waals surface area contributed by atoms with Crippen LogP contribution in [0.4, 0.5) is 17.2 Å². The lowest BCUT2D eigenvalue weighted by atomic mass is 10.0. The van der Waals surface area contributed by atoms with Crippen LogP contribution in [0, 0.1) is 0 Å². The van der Waals surface area contributed by atoms with Gasteiger partial charge in [0.1, 0.15) is 5.82 Å². The van der Waals surface area contributed by atoms with Crippen molar-refractivity contribution in [3.8, 4) is 11.1 Å². The Hall–Kier alpha value is -3.47. The second-order valence-corrected chi connectivity index (χ2v) is 6.65. The number of aromatic amines is 1. The molecule has 0 radical (unpaired) electrons. The molecule has 0 aliphatic carbocycles. The summed E-state index contributed by atoms with van der Waals surface area (Å²) in [5.41, 5.74) is 12.2. The van der Waals surface area contributed by atoms with E-state index in [0.29, 0.717) is 18.9 Å². The van der Waals surface area contributed by atoms with Crippen molar-refractivity contribution in [1.82, 2.24) is 4.98 Å². The maximum Gasteiger partial charge on any atom is 0.243 e. The molecule has 136 valence electrons. The Morgan fingerprint density at radius 2 is 2.00 bits per heavy atom. The van der Waals surface area contributed by atoms with Crippen LogP contribution < -0.4 is 16.0 Å². The Kier molecular flexibility index (Phi) is 4.42. The van der Waals surface area contributed by atoms with Crippen LogP contribution in [0.3, 0.4) is 0 Å². The van der Waals surface area contributed by atoms with Gasteiger partial charge < -0.3 is 20.9 Å². The standard InChI is InChI=1S/C22H22N4O/c1-2-6-17-18(12-24-22(17)23)16-9-10-19-20(11-16)26(14-21(27)25-19)13-15-7-4-3-5-8-15/h2-12,24H,13-14,23H2,1H3,(H,25,27)/b6-2-. The van der Waals surface area contributed by atoms with E-state index in [2.05, 4.69) is 33.4 Å². The van der Waals surface area contributed by atoms with Crippen molar-refractivity contribution in [3.05, 3.63) is 71.9 Å². The number of rotatable bonds is 4. The number of nitrogen functional groups attached to an aromatic ring is 1. The number of benzene rings is 2. The number of nitrogens with one attached hydrogen (secondary N) is 2. The Morgan fingerprint density at radius 1 is 1.19 bits per heavy atom. The summed E-state index contributed by atoms with van der Waals surface area (Å²) in [5.74, 6) is 0.655. The number of amides is 1. The van der Waals surface area contributed by atoms with Gasteiger partial charge in [0.15, 0.2) is 0 Å². The minimum absolute atomic E-state index is 0.00618. The zero-order valence-corrected chi connectivity index (χ0v) is 15.2. The average molecular weight is 358 g/mol. The largest absolute Gasteiger partial charge is 0.385 e. The van der Waals surface area contributed by atoms with Gasteiger partial charge in [-0.25, -0.2) is 0 Å². The van der Waals surface area contributed by atoms with Gasteiger partial charge in [0.05, 0.1) is 17.9 Å². The molecule has 3 aromatic rings. The average Bonchev–Trinajstić information content (AvgIpc) is 3.03. The summed E-state index contributed by atoms with van der Waals surface area (Å²) in [6.07, 6.45) is 5.91. The van der Waals surface area contributed by atoms with Crippen LogP contribution in [0.2, 0.25) is 0 Å². The van der Waals surface area contributed by atoms with E-state index >= 15 is 0 Å². The third-order valence-electron chi connectivity index (χ3n) is 4.76. The SMILES string of the molecule is C/C=C\c1c(-c2ccc3c(c2)N(Cc2ccccc2)CC(=O)N3)c[nH]c1N. The summed E-state index contributed by atoms with van der Waals surface area (Å²) < 4.78 is 0. The Balaban J connectivity index is 1.75. The Bertz CT molecular complexity index is 1000. The number of nitrogens with zero attached hydrogens (tertiary/aromatic N) is 1. The number of H-pyrrole nitrogens is 1. The van der Waals surface area contributed by atoms with E-state index in [1.165, 1.54) is 5.56 Å². The third-order valence-corrected chi connectivity index (χ3v) is 4.76. The van der Waals surface area contributed by atoms with E-state index in [-0.39, 0.29) is 5.91 Å². The van der Waals surface area contributed by atoms with Crippen LogP contribution in [0.1, 0.15) is 18.1 Å². The predicted octanol–water partition coefficient (Wildman–Crippen LogP) is 4.26. The fourth-order valence-electron chi connectivity index (χ4n) is 3.50. The van der Waals surface area contributed by atoms with Crippen molar-refractivity contribution in [2.45, 2.75) is 13.5 Å². The first-order valence-electron chi connectivity index (χ1n) is 8.98. The van der Waals surface area contributed by atoms with Gasteiger partial charge in [-0.2, -0.15) is 0 Å². The number of hydrogen-bond acceptors (Lipinski definition) is 3. The monoisotopic (exact) mass is 358 g/mol. The fourth-order valence-corrected chi connectivity index (χ4v) is 3.50. The van der Waals surface area contributed by atoms with Crippen molar-refractivity contribution in [2.24, 2.45) is 0 Å². The number of allylic oxidation sites excluding steroid dienone is 1. The van der Waals surface area contributed by atoms with E-state index in [1.54, 1.807) is 0 Å². The van der Waals surface area contributed by atoms with Gasteiger partial charge in [0.25, 0.3) is 0 Å².